The number of aryl methyl sites for hydroxylation is 1. The molecule has 0 radical (unpaired) electrons. The average molecular weight is 463 g/mol. The highest BCUT2D eigenvalue weighted by atomic mass is 16.5. The van der Waals surface area contributed by atoms with Crippen LogP contribution in [0, 0.1) is 0 Å². The summed E-state index contributed by atoms with van der Waals surface area (Å²) in [7, 11) is 1.64. The fourth-order valence-corrected chi connectivity index (χ4v) is 4.28. The smallest absolute Gasteiger partial charge is 0.241 e. The Bertz CT molecular complexity index is 1070. The van der Waals surface area contributed by atoms with Crippen molar-refractivity contribution < 1.29 is 13.9 Å². The topological polar surface area (TPSA) is 70.8 Å². The predicted octanol–water partition coefficient (Wildman–Crippen LogP) is 4.45. The molecule has 1 saturated heterocycles. The fourth-order valence-electron chi connectivity index (χ4n) is 4.28. The highest BCUT2D eigenvalue weighted by Gasteiger charge is 2.21. The van der Waals surface area contributed by atoms with E-state index in [-0.39, 0.29) is 12.5 Å². The molecule has 0 saturated carbocycles. The molecule has 7 nitrogen and oxygen atoms in total. The lowest BCUT2D eigenvalue weighted by molar-refractivity contribution is -0.129. The van der Waals surface area contributed by atoms with E-state index in [2.05, 4.69) is 29.3 Å². The molecule has 3 aromatic rings. The zero-order valence-corrected chi connectivity index (χ0v) is 20.1. The lowest BCUT2D eigenvalue weighted by atomic mass is 10.1. The molecular weight excluding hydrogens is 428 g/mol. The normalized spacial score (nSPS) is 14.6. The number of hydrogen-bond acceptors (Lipinski definition) is 6. The third kappa shape index (κ3) is 6.17. The third-order valence-electron chi connectivity index (χ3n) is 6.08. The van der Waals surface area contributed by atoms with E-state index in [0.717, 1.165) is 73.2 Å². The number of carbonyl (C=O) groups excluding carboxylic acids is 1. The maximum absolute atomic E-state index is 12.8. The zero-order chi connectivity index (χ0) is 23.8. The number of anilines is 1. The number of ether oxygens (including phenoxy) is 1. The number of carbonyl (C=O) groups is 1. The molecule has 1 aliphatic rings. The van der Waals surface area contributed by atoms with Crippen molar-refractivity contribution in [3.8, 4) is 17.0 Å². The van der Waals surface area contributed by atoms with Crippen LogP contribution >= 0.6 is 0 Å². The van der Waals surface area contributed by atoms with Gasteiger partial charge in [-0.05, 0) is 25.0 Å². The van der Waals surface area contributed by atoms with Gasteiger partial charge in [0.1, 0.15) is 17.2 Å². The molecule has 7 heteroatoms. The SMILES string of the molecule is CCCc1oc(CN2CCCN(C(=O)CNc3cccc(OC)c3)CC2)nc1-c1ccccc1. The largest absolute Gasteiger partial charge is 0.497 e. The summed E-state index contributed by atoms with van der Waals surface area (Å²) >= 11 is 0. The van der Waals surface area contributed by atoms with Gasteiger partial charge in [0.2, 0.25) is 11.8 Å². The van der Waals surface area contributed by atoms with Crippen LogP contribution in [0.4, 0.5) is 5.69 Å². The molecule has 1 fully saturated rings. The number of nitrogens with zero attached hydrogens (tertiary/aromatic N) is 3. The van der Waals surface area contributed by atoms with Gasteiger partial charge in [0.25, 0.3) is 0 Å². The van der Waals surface area contributed by atoms with Crippen LogP contribution in [0.25, 0.3) is 11.3 Å². The summed E-state index contributed by atoms with van der Waals surface area (Å²) in [5, 5.41) is 3.21. The lowest BCUT2D eigenvalue weighted by Gasteiger charge is -2.21. The van der Waals surface area contributed by atoms with E-state index in [4.69, 9.17) is 14.1 Å². The maximum atomic E-state index is 12.8. The van der Waals surface area contributed by atoms with Gasteiger partial charge in [0.15, 0.2) is 0 Å². The molecule has 1 N–H and O–H groups in total. The van der Waals surface area contributed by atoms with Crippen molar-refractivity contribution >= 4 is 11.6 Å². The minimum Gasteiger partial charge on any atom is -0.497 e. The quantitative estimate of drug-likeness (QED) is 0.507. The lowest BCUT2D eigenvalue weighted by Crippen LogP contribution is -2.38. The van der Waals surface area contributed by atoms with E-state index in [0.29, 0.717) is 13.1 Å². The number of benzene rings is 2. The van der Waals surface area contributed by atoms with Gasteiger partial charge in [0.05, 0.1) is 20.2 Å². The van der Waals surface area contributed by atoms with Crippen molar-refractivity contribution in [2.75, 3.05) is 45.2 Å². The number of rotatable bonds is 9. The van der Waals surface area contributed by atoms with Gasteiger partial charge < -0.3 is 19.4 Å². The second-order valence-electron chi connectivity index (χ2n) is 8.59. The van der Waals surface area contributed by atoms with Crippen molar-refractivity contribution in [3.63, 3.8) is 0 Å². The molecule has 4 rings (SSSR count). The summed E-state index contributed by atoms with van der Waals surface area (Å²) < 4.78 is 11.4. The van der Waals surface area contributed by atoms with E-state index in [1.165, 1.54) is 0 Å². The molecule has 0 aliphatic carbocycles. The zero-order valence-electron chi connectivity index (χ0n) is 20.1. The third-order valence-corrected chi connectivity index (χ3v) is 6.08. The Kier molecular flexibility index (Phi) is 8.20. The number of nitrogens with one attached hydrogen (secondary N) is 1. The minimum absolute atomic E-state index is 0.109. The van der Waals surface area contributed by atoms with Crippen LogP contribution in [0.3, 0.4) is 0 Å². The van der Waals surface area contributed by atoms with Crippen molar-refractivity contribution in [2.24, 2.45) is 0 Å². The minimum atomic E-state index is 0.109. The van der Waals surface area contributed by atoms with Gasteiger partial charge in [-0.2, -0.15) is 0 Å². The van der Waals surface area contributed by atoms with E-state index in [9.17, 15) is 4.79 Å². The van der Waals surface area contributed by atoms with Crippen LogP contribution in [0.5, 0.6) is 5.75 Å². The molecule has 1 aromatic heterocycles. The molecule has 0 unspecified atom stereocenters. The molecule has 0 atom stereocenters. The summed E-state index contributed by atoms with van der Waals surface area (Å²) in [5.74, 6) is 2.59. The summed E-state index contributed by atoms with van der Waals surface area (Å²) in [5.41, 5.74) is 2.93. The van der Waals surface area contributed by atoms with Crippen LogP contribution < -0.4 is 10.1 Å². The second-order valence-corrected chi connectivity index (χ2v) is 8.59. The Balaban J connectivity index is 1.33. The molecule has 0 spiro atoms. The molecule has 2 heterocycles. The van der Waals surface area contributed by atoms with Crippen molar-refractivity contribution in [1.82, 2.24) is 14.8 Å². The standard InChI is InChI=1S/C27H34N4O3/c1-3-9-24-27(21-10-5-4-6-11-21)29-25(34-24)20-30-14-8-15-31(17-16-30)26(32)19-28-22-12-7-13-23(18-22)33-2/h4-7,10-13,18,28H,3,8-9,14-17,19-20H2,1-2H3. The first-order valence-electron chi connectivity index (χ1n) is 12.1. The second kappa shape index (κ2) is 11.7. The van der Waals surface area contributed by atoms with E-state index in [1.807, 2.05) is 47.4 Å². The molecule has 0 bridgehead atoms. The molecule has 1 aliphatic heterocycles. The monoisotopic (exact) mass is 462 g/mol. The summed E-state index contributed by atoms with van der Waals surface area (Å²) in [6.07, 6.45) is 2.82. The summed E-state index contributed by atoms with van der Waals surface area (Å²) in [4.78, 5) is 21.9. The van der Waals surface area contributed by atoms with Crippen LogP contribution in [-0.2, 0) is 17.8 Å². The Morgan fingerprint density at radius 2 is 1.94 bits per heavy atom. The van der Waals surface area contributed by atoms with E-state index < -0.39 is 0 Å². The van der Waals surface area contributed by atoms with E-state index in [1.54, 1.807) is 7.11 Å². The Hall–Kier alpha value is -3.32. The highest BCUT2D eigenvalue weighted by Crippen LogP contribution is 2.26. The van der Waals surface area contributed by atoms with Crippen molar-refractivity contribution in [1.29, 1.82) is 0 Å². The number of aromatic nitrogens is 1. The average Bonchev–Trinajstić information content (AvgIpc) is 3.11. The number of methoxy groups -OCH3 is 1. The van der Waals surface area contributed by atoms with Crippen LogP contribution in [0.1, 0.15) is 31.4 Å². The van der Waals surface area contributed by atoms with Gasteiger partial charge in [-0.3, -0.25) is 9.69 Å². The Morgan fingerprint density at radius 1 is 1.09 bits per heavy atom. The Labute approximate surface area is 201 Å². The fraction of sp³-hybridized carbons (Fsp3) is 0.407. The molecule has 34 heavy (non-hydrogen) atoms. The number of hydrogen-bond donors (Lipinski definition) is 1. The van der Waals surface area contributed by atoms with Gasteiger partial charge >= 0.3 is 0 Å². The first kappa shape index (κ1) is 23.8. The Morgan fingerprint density at radius 3 is 2.74 bits per heavy atom. The number of amides is 1. The molecule has 180 valence electrons. The van der Waals surface area contributed by atoms with Crippen molar-refractivity contribution in [3.05, 3.63) is 66.2 Å². The number of oxazole rings is 1. The van der Waals surface area contributed by atoms with Gasteiger partial charge in [-0.1, -0.05) is 43.3 Å². The molecular formula is C27H34N4O3. The van der Waals surface area contributed by atoms with Gasteiger partial charge in [-0.25, -0.2) is 4.98 Å². The van der Waals surface area contributed by atoms with Crippen LogP contribution in [0.15, 0.2) is 59.0 Å². The summed E-state index contributed by atoms with van der Waals surface area (Å²) in [6.45, 7) is 6.27. The first-order chi connectivity index (χ1) is 16.7. The maximum Gasteiger partial charge on any atom is 0.241 e. The van der Waals surface area contributed by atoms with E-state index >= 15 is 0 Å². The first-order valence-corrected chi connectivity index (χ1v) is 12.1. The van der Waals surface area contributed by atoms with Crippen LogP contribution in [-0.4, -0.2) is 60.5 Å². The highest BCUT2D eigenvalue weighted by molar-refractivity contribution is 5.81. The van der Waals surface area contributed by atoms with Gasteiger partial charge in [0, 0.05) is 49.9 Å². The predicted molar refractivity (Wildman–Crippen MR) is 134 cm³/mol. The van der Waals surface area contributed by atoms with Crippen molar-refractivity contribution in [2.45, 2.75) is 32.7 Å². The molecule has 1 amide bonds. The molecule has 2 aromatic carbocycles. The van der Waals surface area contributed by atoms with Crippen LogP contribution in [0.2, 0.25) is 0 Å². The van der Waals surface area contributed by atoms with Gasteiger partial charge in [-0.15, -0.1) is 0 Å². The summed E-state index contributed by atoms with van der Waals surface area (Å²) in [6, 6.07) is 17.9.